The molecule has 9 heteroatoms. The van der Waals surface area contributed by atoms with Crippen LogP contribution in [0.15, 0.2) is 30.3 Å². The summed E-state index contributed by atoms with van der Waals surface area (Å²) in [5.74, 6) is -1.54. The Kier molecular flexibility index (Phi) is 6.03. The van der Waals surface area contributed by atoms with Crippen LogP contribution in [0.25, 0.3) is 0 Å². The van der Waals surface area contributed by atoms with Gasteiger partial charge in [0, 0.05) is 23.9 Å². The van der Waals surface area contributed by atoms with Crippen molar-refractivity contribution in [2.45, 2.75) is 39.1 Å². The number of benzene rings is 2. The zero-order valence-corrected chi connectivity index (χ0v) is 16.1. The highest BCUT2D eigenvalue weighted by Crippen LogP contribution is 2.37. The number of ether oxygens (including phenoxy) is 1. The van der Waals surface area contributed by atoms with Crippen molar-refractivity contribution >= 4 is 23.3 Å². The van der Waals surface area contributed by atoms with E-state index in [1.165, 1.54) is 18.2 Å². The molecule has 2 rings (SSSR count). The van der Waals surface area contributed by atoms with Gasteiger partial charge in [0.2, 0.25) is 0 Å². The van der Waals surface area contributed by atoms with Crippen molar-refractivity contribution in [3.8, 4) is 11.5 Å². The molecule has 0 atom stereocenters. The first-order valence-electron chi connectivity index (χ1n) is 8.17. The highest BCUT2D eigenvalue weighted by Gasteiger charge is 2.32. The molecule has 0 bridgehead atoms. The van der Waals surface area contributed by atoms with Crippen LogP contribution in [0.2, 0.25) is 5.02 Å². The SMILES string of the molecule is CC(C)(C)OC(=O)c1ccc(NCc2cc(C(F)(F)F)cc(Cl)c2O)cc1O. The third-order valence-electron chi connectivity index (χ3n) is 3.57. The molecule has 0 heterocycles. The van der Waals surface area contributed by atoms with Gasteiger partial charge in [0.25, 0.3) is 0 Å². The van der Waals surface area contributed by atoms with E-state index < -0.39 is 34.1 Å². The molecule has 3 N–H and O–H groups in total. The summed E-state index contributed by atoms with van der Waals surface area (Å²) in [4.78, 5) is 12.0. The van der Waals surface area contributed by atoms with Gasteiger partial charge in [-0.15, -0.1) is 0 Å². The van der Waals surface area contributed by atoms with Crippen LogP contribution >= 0.6 is 11.6 Å². The van der Waals surface area contributed by atoms with Crippen molar-refractivity contribution in [2.24, 2.45) is 0 Å². The molecule has 2 aromatic carbocycles. The molecular weight excluding hydrogens is 399 g/mol. The van der Waals surface area contributed by atoms with Crippen molar-refractivity contribution in [3.05, 3.63) is 52.0 Å². The maximum Gasteiger partial charge on any atom is 0.416 e. The number of aromatic hydroxyl groups is 2. The Balaban J connectivity index is 2.19. The van der Waals surface area contributed by atoms with Crippen LogP contribution in [0.3, 0.4) is 0 Å². The summed E-state index contributed by atoms with van der Waals surface area (Å²) in [6, 6.07) is 5.42. The van der Waals surface area contributed by atoms with Crippen molar-refractivity contribution in [1.82, 2.24) is 0 Å². The van der Waals surface area contributed by atoms with Gasteiger partial charge < -0.3 is 20.3 Å². The molecule has 0 aliphatic heterocycles. The van der Waals surface area contributed by atoms with E-state index in [2.05, 4.69) is 5.32 Å². The number of halogens is 4. The van der Waals surface area contributed by atoms with Crippen molar-refractivity contribution in [3.63, 3.8) is 0 Å². The Morgan fingerprint density at radius 1 is 1.14 bits per heavy atom. The highest BCUT2D eigenvalue weighted by atomic mass is 35.5. The smallest absolute Gasteiger partial charge is 0.416 e. The second-order valence-electron chi connectivity index (χ2n) is 7.05. The van der Waals surface area contributed by atoms with E-state index in [1.54, 1.807) is 20.8 Å². The van der Waals surface area contributed by atoms with E-state index in [1.807, 2.05) is 0 Å². The van der Waals surface area contributed by atoms with Crippen LogP contribution in [0.4, 0.5) is 18.9 Å². The molecule has 0 spiro atoms. The number of alkyl halides is 3. The molecule has 0 fully saturated rings. The predicted molar refractivity (Wildman–Crippen MR) is 98.7 cm³/mol. The molecule has 5 nitrogen and oxygen atoms in total. The lowest BCUT2D eigenvalue weighted by atomic mass is 10.1. The molecule has 28 heavy (non-hydrogen) atoms. The lowest BCUT2D eigenvalue weighted by Crippen LogP contribution is -2.23. The topological polar surface area (TPSA) is 78.8 Å². The molecule has 0 amide bonds. The van der Waals surface area contributed by atoms with E-state index in [9.17, 15) is 28.2 Å². The van der Waals surface area contributed by atoms with Gasteiger partial charge in [0.1, 0.15) is 22.7 Å². The Morgan fingerprint density at radius 2 is 1.79 bits per heavy atom. The summed E-state index contributed by atoms with van der Waals surface area (Å²) >= 11 is 5.67. The number of esters is 1. The fourth-order valence-corrected chi connectivity index (χ4v) is 2.54. The largest absolute Gasteiger partial charge is 0.507 e. The minimum atomic E-state index is -4.61. The molecule has 0 saturated heterocycles. The molecule has 152 valence electrons. The zero-order chi connectivity index (χ0) is 21.3. The Bertz CT molecular complexity index is 892. The van der Waals surface area contributed by atoms with Gasteiger partial charge in [-0.25, -0.2) is 4.79 Å². The van der Waals surface area contributed by atoms with Crippen molar-refractivity contribution in [2.75, 3.05) is 5.32 Å². The number of hydrogen-bond donors (Lipinski definition) is 3. The second-order valence-corrected chi connectivity index (χ2v) is 7.46. The molecule has 0 radical (unpaired) electrons. The van der Waals surface area contributed by atoms with Crippen LogP contribution < -0.4 is 5.32 Å². The number of carbonyl (C=O) groups is 1. The van der Waals surface area contributed by atoms with Crippen LogP contribution in [-0.4, -0.2) is 21.8 Å². The number of rotatable bonds is 4. The summed E-state index contributed by atoms with van der Waals surface area (Å²) in [6.07, 6.45) is -4.61. The Hall–Kier alpha value is -2.61. The number of anilines is 1. The van der Waals surface area contributed by atoms with Gasteiger partial charge >= 0.3 is 12.1 Å². The summed E-state index contributed by atoms with van der Waals surface area (Å²) in [7, 11) is 0. The molecule has 0 aromatic heterocycles. The lowest BCUT2D eigenvalue weighted by molar-refractivity contribution is -0.137. The van der Waals surface area contributed by atoms with Gasteiger partial charge in [0.05, 0.1) is 10.6 Å². The molecule has 2 aromatic rings. The van der Waals surface area contributed by atoms with Crippen LogP contribution in [0.5, 0.6) is 11.5 Å². The van der Waals surface area contributed by atoms with Crippen molar-refractivity contribution < 1.29 is 32.9 Å². The molecule has 0 aliphatic carbocycles. The van der Waals surface area contributed by atoms with E-state index in [0.29, 0.717) is 11.8 Å². The van der Waals surface area contributed by atoms with E-state index in [-0.39, 0.29) is 23.4 Å². The lowest BCUT2D eigenvalue weighted by Gasteiger charge is -2.20. The fourth-order valence-electron chi connectivity index (χ4n) is 2.30. The van der Waals surface area contributed by atoms with Gasteiger partial charge in [0.15, 0.2) is 0 Å². The van der Waals surface area contributed by atoms with E-state index >= 15 is 0 Å². The molecule has 0 unspecified atom stereocenters. The first kappa shape index (κ1) is 21.7. The Morgan fingerprint density at radius 3 is 2.32 bits per heavy atom. The standard InChI is InChI=1S/C19H19ClF3NO4/c1-18(2,3)28-17(27)13-5-4-12(8-15(13)25)24-9-10-6-11(19(21,22)23)7-14(20)16(10)26/h4-8,24-26H,9H2,1-3H3. The number of nitrogens with one attached hydrogen (secondary N) is 1. The molecule has 0 saturated carbocycles. The summed E-state index contributed by atoms with van der Waals surface area (Å²) in [6.45, 7) is 4.86. The maximum absolute atomic E-state index is 12.9. The fraction of sp³-hybridized carbons (Fsp3) is 0.316. The average Bonchev–Trinajstić information content (AvgIpc) is 2.53. The number of hydrogen-bond acceptors (Lipinski definition) is 5. The minimum Gasteiger partial charge on any atom is -0.507 e. The van der Waals surface area contributed by atoms with E-state index in [4.69, 9.17) is 16.3 Å². The van der Waals surface area contributed by atoms with Crippen LogP contribution in [-0.2, 0) is 17.5 Å². The number of phenolic OH excluding ortho intramolecular Hbond substituents is 2. The third-order valence-corrected chi connectivity index (χ3v) is 3.86. The highest BCUT2D eigenvalue weighted by molar-refractivity contribution is 6.32. The zero-order valence-electron chi connectivity index (χ0n) is 15.3. The first-order valence-corrected chi connectivity index (χ1v) is 8.54. The van der Waals surface area contributed by atoms with Gasteiger partial charge in [-0.2, -0.15) is 13.2 Å². The second kappa shape index (κ2) is 7.79. The monoisotopic (exact) mass is 417 g/mol. The summed E-state index contributed by atoms with van der Waals surface area (Å²) < 4.78 is 43.9. The summed E-state index contributed by atoms with van der Waals surface area (Å²) in [5, 5.41) is 22.3. The number of carbonyl (C=O) groups excluding carboxylic acids is 1. The maximum atomic E-state index is 12.9. The van der Waals surface area contributed by atoms with Crippen LogP contribution in [0, 0.1) is 0 Å². The average molecular weight is 418 g/mol. The predicted octanol–water partition coefficient (Wildman–Crippen LogP) is 5.34. The van der Waals surface area contributed by atoms with E-state index in [0.717, 1.165) is 6.07 Å². The minimum absolute atomic E-state index is 0.0505. The van der Waals surface area contributed by atoms with Gasteiger partial charge in [-0.3, -0.25) is 0 Å². The quantitative estimate of drug-likeness (QED) is 0.585. The molecule has 0 aliphatic rings. The first-order chi connectivity index (χ1) is 12.8. The van der Waals surface area contributed by atoms with Gasteiger partial charge in [-0.05, 0) is 45.0 Å². The van der Waals surface area contributed by atoms with Gasteiger partial charge in [-0.1, -0.05) is 11.6 Å². The Labute approximate surface area is 164 Å². The summed E-state index contributed by atoms with van der Waals surface area (Å²) in [5.41, 5.74) is -1.53. The molecular formula is C19H19ClF3NO4. The van der Waals surface area contributed by atoms with Crippen LogP contribution in [0.1, 0.15) is 42.3 Å². The number of phenols is 2. The van der Waals surface area contributed by atoms with Crippen molar-refractivity contribution in [1.29, 1.82) is 0 Å². The normalized spacial score (nSPS) is 12.0. The third kappa shape index (κ3) is 5.45.